The number of ether oxygens (including phenoxy) is 1. The lowest BCUT2D eigenvalue weighted by molar-refractivity contribution is -0.750. The average Bonchev–Trinajstić information content (AvgIpc) is 2.46. The SMILES string of the molecule is CC(Oc1ccc(C(C)(C)CC(C)(C)C)cc1)[n+]1ccccc1. The molecule has 23 heavy (non-hydrogen) atoms. The number of benzene rings is 1. The second kappa shape index (κ2) is 6.74. The van der Waals surface area contributed by atoms with Crippen LogP contribution >= 0.6 is 0 Å². The molecule has 1 heterocycles. The normalized spacial score (nSPS) is 13.7. The number of pyridine rings is 1. The van der Waals surface area contributed by atoms with Crippen molar-refractivity contribution in [2.75, 3.05) is 0 Å². The predicted molar refractivity (Wildman–Crippen MR) is 95.5 cm³/mol. The van der Waals surface area contributed by atoms with Crippen LogP contribution in [-0.2, 0) is 5.41 Å². The molecular formula is C21H30NO+. The van der Waals surface area contributed by atoms with E-state index in [2.05, 4.69) is 70.4 Å². The van der Waals surface area contributed by atoms with Gasteiger partial charge in [-0.25, -0.2) is 0 Å². The largest absolute Gasteiger partial charge is 0.434 e. The molecule has 1 unspecified atom stereocenters. The van der Waals surface area contributed by atoms with Crippen LogP contribution in [0.3, 0.4) is 0 Å². The Morgan fingerprint density at radius 3 is 2.00 bits per heavy atom. The Labute approximate surface area is 141 Å². The summed E-state index contributed by atoms with van der Waals surface area (Å²) in [7, 11) is 0. The average molecular weight is 312 g/mol. The molecule has 0 aliphatic rings. The summed E-state index contributed by atoms with van der Waals surface area (Å²) in [6.07, 6.45) is 5.16. The molecule has 0 saturated heterocycles. The van der Waals surface area contributed by atoms with Crippen molar-refractivity contribution < 1.29 is 9.30 Å². The molecule has 1 aromatic carbocycles. The molecule has 0 fully saturated rings. The van der Waals surface area contributed by atoms with Gasteiger partial charge in [0.2, 0.25) is 0 Å². The van der Waals surface area contributed by atoms with Crippen LogP contribution in [0.25, 0.3) is 0 Å². The highest BCUT2D eigenvalue weighted by Gasteiger charge is 2.27. The molecule has 2 rings (SSSR count). The van der Waals surface area contributed by atoms with Crippen molar-refractivity contribution in [1.82, 2.24) is 0 Å². The van der Waals surface area contributed by atoms with E-state index in [1.165, 1.54) is 5.56 Å². The molecule has 124 valence electrons. The Morgan fingerprint density at radius 1 is 0.913 bits per heavy atom. The molecule has 0 amide bonds. The number of hydrogen-bond donors (Lipinski definition) is 0. The summed E-state index contributed by atoms with van der Waals surface area (Å²) in [4.78, 5) is 0. The summed E-state index contributed by atoms with van der Waals surface area (Å²) in [6, 6.07) is 14.6. The van der Waals surface area contributed by atoms with Gasteiger partial charge in [0.15, 0.2) is 12.4 Å². The molecule has 0 N–H and O–H groups in total. The molecule has 0 spiro atoms. The number of aromatic nitrogens is 1. The lowest BCUT2D eigenvalue weighted by Gasteiger charge is -2.33. The lowest BCUT2D eigenvalue weighted by Crippen LogP contribution is -2.39. The standard InChI is InChI=1S/C21H30NO/c1-17(22-14-8-7-9-15-22)23-19-12-10-18(11-13-19)21(5,6)16-20(2,3)4/h7-15,17H,16H2,1-6H3/q+1. The van der Waals surface area contributed by atoms with Crippen molar-refractivity contribution in [1.29, 1.82) is 0 Å². The van der Waals surface area contributed by atoms with E-state index in [0.717, 1.165) is 12.2 Å². The van der Waals surface area contributed by atoms with E-state index >= 15 is 0 Å². The molecule has 0 radical (unpaired) electrons. The van der Waals surface area contributed by atoms with Crippen LogP contribution in [0.4, 0.5) is 0 Å². The first-order valence-electron chi connectivity index (χ1n) is 8.40. The Hall–Kier alpha value is -1.83. The van der Waals surface area contributed by atoms with Crippen molar-refractivity contribution in [2.45, 2.75) is 59.6 Å². The van der Waals surface area contributed by atoms with E-state index in [-0.39, 0.29) is 11.6 Å². The molecule has 0 saturated carbocycles. The van der Waals surface area contributed by atoms with Gasteiger partial charge in [-0.15, -0.1) is 0 Å². The Bertz CT molecular complexity index is 609. The van der Waals surface area contributed by atoms with E-state index in [1.807, 2.05) is 30.6 Å². The lowest BCUT2D eigenvalue weighted by atomic mass is 9.72. The van der Waals surface area contributed by atoms with E-state index in [0.29, 0.717) is 5.41 Å². The van der Waals surface area contributed by atoms with Gasteiger partial charge in [0.1, 0.15) is 5.75 Å². The second-order valence-corrected chi connectivity index (χ2v) is 8.19. The van der Waals surface area contributed by atoms with Gasteiger partial charge in [-0.05, 0) is 34.9 Å². The Balaban J connectivity index is 2.08. The van der Waals surface area contributed by atoms with Gasteiger partial charge in [-0.2, -0.15) is 4.57 Å². The number of nitrogens with zero attached hydrogens (tertiary/aromatic N) is 1. The van der Waals surface area contributed by atoms with Crippen molar-refractivity contribution in [3.63, 3.8) is 0 Å². The van der Waals surface area contributed by atoms with Crippen molar-refractivity contribution in [3.05, 3.63) is 60.4 Å². The third-order valence-electron chi connectivity index (χ3n) is 4.07. The van der Waals surface area contributed by atoms with E-state index in [4.69, 9.17) is 4.74 Å². The predicted octanol–water partition coefficient (Wildman–Crippen LogP) is 5.29. The summed E-state index contributed by atoms with van der Waals surface area (Å²) < 4.78 is 8.08. The minimum absolute atomic E-state index is 0.0235. The maximum Gasteiger partial charge on any atom is 0.298 e. The fourth-order valence-electron chi connectivity index (χ4n) is 3.32. The molecule has 2 heteroatoms. The summed E-state index contributed by atoms with van der Waals surface area (Å²) in [5, 5.41) is 0. The van der Waals surface area contributed by atoms with Crippen LogP contribution in [0.2, 0.25) is 0 Å². The highest BCUT2D eigenvalue weighted by atomic mass is 16.5. The van der Waals surface area contributed by atoms with Crippen LogP contribution in [0.15, 0.2) is 54.9 Å². The van der Waals surface area contributed by atoms with Crippen molar-refractivity contribution in [3.8, 4) is 5.75 Å². The quantitative estimate of drug-likeness (QED) is 0.684. The first-order chi connectivity index (χ1) is 10.7. The molecule has 1 aromatic heterocycles. The van der Waals surface area contributed by atoms with Crippen molar-refractivity contribution >= 4 is 0 Å². The van der Waals surface area contributed by atoms with E-state index in [1.54, 1.807) is 0 Å². The van der Waals surface area contributed by atoms with Crippen LogP contribution < -0.4 is 9.30 Å². The molecule has 0 bridgehead atoms. The minimum atomic E-state index is -0.0235. The molecule has 1 atom stereocenters. The van der Waals surface area contributed by atoms with Crippen LogP contribution in [-0.4, -0.2) is 0 Å². The summed E-state index contributed by atoms with van der Waals surface area (Å²) >= 11 is 0. The zero-order valence-electron chi connectivity index (χ0n) is 15.3. The fourth-order valence-corrected chi connectivity index (χ4v) is 3.32. The summed E-state index contributed by atoms with van der Waals surface area (Å²) in [5.41, 5.74) is 1.84. The van der Waals surface area contributed by atoms with Gasteiger partial charge in [0.05, 0.1) is 0 Å². The van der Waals surface area contributed by atoms with Gasteiger partial charge in [0.25, 0.3) is 6.23 Å². The highest BCUT2D eigenvalue weighted by Crippen LogP contribution is 2.36. The first kappa shape index (κ1) is 17.5. The summed E-state index contributed by atoms with van der Waals surface area (Å²) in [6.45, 7) is 13.6. The van der Waals surface area contributed by atoms with E-state index < -0.39 is 0 Å². The summed E-state index contributed by atoms with van der Waals surface area (Å²) in [5.74, 6) is 0.907. The third-order valence-corrected chi connectivity index (χ3v) is 4.07. The Morgan fingerprint density at radius 2 is 1.48 bits per heavy atom. The zero-order valence-corrected chi connectivity index (χ0v) is 15.3. The number of hydrogen-bond acceptors (Lipinski definition) is 1. The zero-order chi connectivity index (χ0) is 17.1. The van der Waals surface area contributed by atoms with Crippen molar-refractivity contribution in [2.24, 2.45) is 5.41 Å². The van der Waals surface area contributed by atoms with Gasteiger partial charge >= 0.3 is 0 Å². The van der Waals surface area contributed by atoms with Crippen LogP contribution in [0.5, 0.6) is 5.75 Å². The fraction of sp³-hybridized carbons (Fsp3) is 0.476. The first-order valence-corrected chi connectivity index (χ1v) is 8.40. The second-order valence-electron chi connectivity index (χ2n) is 8.19. The van der Waals surface area contributed by atoms with Gasteiger partial charge in [0, 0.05) is 19.1 Å². The third kappa shape index (κ3) is 5.09. The smallest absolute Gasteiger partial charge is 0.298 e. The Kier molecular flexibility index (Phi) is 5.13. The van der Waals surface area contributed by atoms with E-state index in [9.17, 15) is 0 Å². The van der Waals surface area contributed by atoms with Gasteiger partial charge in [-0.3, -0.25) is 0 Å². The van der Waals surface area contributed by atoms with Crippen LogP contribution in [0.1, 0.15) is 59.8 Å². The topological polar surface area (TPSA) is 13.1 Å². The minimum Gasteiger partial charge on any atom is -0.434 e. The molecule has 2 aromatic rings. The van der Waals surface area contributed by atoms with Gasteiger partial charge in [-0.1, -0.05) is 52.8 Å². The maximum atomic E-state index is 6.03. The monoisotopic (exact) mass is 312 g/mol. The highest BCUT2D eigenvalue weighted by molar-refractivity contribution is 5.31. The number of rotatable bonds is 5. The molecular weight excluding hydrogens is 282 g/mol. The van der Waals surface area contributed by atoms with Crippen LogP contribution in [0, 0.1) is 5.41 Å². The molecule has 2 nitrogen and oxygen atoms in total. The molecule has 0 aliphatic heterocycles. The van der Waals surface area contributed by atoms with Gasteiger partial charge < -0.3 is 4.74 Å². The molecule has 0 aliphatic carbocycles. The maximum absolute atomic E-state index is 6.03.